The average molecular weight is 381 g/mol. The minimum Gasteiger partial charge on any atom is -0.481 e. The van der Waals surface area contributed by atoms with Gasteiger partial charge in [-0.3, -0.25) is 14.6 Å². The second kappa shape index (κ2) is 8.47. The number of nitrogens with one attached hydrogen (secondary N) is 1. The number of pyridine rings is 1. The van der Waals surface area contributed by atoms with Gasteiger partial charge in [-0.25, -0.2) is 0 Å². The fraction of sp³-hybridized carbons (Fsp3) is 0.0952. The van der Waals surface area contributed by atoms with E-state index in [4.69, 9.17) is 16.7 Å². The molecule has 0 saturated heterocycles. The number of benzene rings is 2. The molecule has 27 heavy (non-hydrogen) atoms. The number of carbonyl (C=O) groups excluding carboxylic acids is 1. The van der Waals surface area contributed by atoms with Crippen LogP contribution in [0.5, 0.6) is 0 Å². The van der Waals surface area contributed by atoms with Crippen LogP contribution < -0.4 is 5.32 Å². The van der Waals surface area contributed by atoms with E-state index in [0.717, 1.165) is 11.1 Å². The number of rotatable bonds is 6. The van der Waals surface area contributed by atoms with Crippen molar-refractivity contribution in [3.8, 4) is 11.1 Å². The first-order valence-corrected chi connectivity index (χ1v) is 8.69. The van der Waals surface area contributed by atoms with Crippen LogP contribution in [0.25, 0.3) is 11.1 Å². The number of nitrogens with zero attached hydrogens (tertiary/aromatic N) is 1. The van der Waals surface area contributed by atoms with Crippen LogP contribution in [-0.2, 0) is 4.79 Å². The van der Waals surface area contributed by atoms with Crippen LogP contribution in [-0.4, -0.2) is 22.0 Å². The van der Waals surface area contributed by atoms with Crippen molar-refractivity contribution < 1.29 is 14.7 Å². The lowest BCUT2D eigenvalue weighted by molar-refractivity contribution is -0.137. The number of hydrogen-bond acceptors (Lipinski definition) is 3. The van der Waals surface area contributed by atoms with Gasteiger partial charge in [-0.2, -0.15) is 0 Å². The summed E-state index contributed by atoms with van der Waals surface area (Å²) in [4.78, 5) is 27.9. The van der Waals surface area contributed by atoms with E-state index >= 15 is 0 Å². The number of halogens is 1. The molecular formula is C21H17ClN2O3. The zero-order valence-corrected chi connectivity index (χ0v) is 15.1. The van der Waals surface area contributed by atoms with Gasteiger partial charge in [0.1, 0.15) is 0 Å². The Balaban J connectivity index is 1.83. The van der Waals surface area contributed by atoms with Crippen molar-refractivity contribution in [2.24, 2.45) is 0 Å². The number of carboxylic acids is 1. The molecule has 0 aliphatic rings. The van der Waals surface area contributed by atoms with E-state index in [2.05, 4.69) is 10.3 Å². The quantitative estimate of drug-likeness (QED) is 0.666. The Morgan fingerprint density at radius 1 is 1.04 bits per heavy atom. The van der Waals surface area contributed by atoms with Gasteiger partial charge < -0.3 is 10.4 Å². The molecule has 1 heterocycles. The molecular weight excluding hydrogens is 364 g/mol. The zero-order chi connectivity index (χ0) is 19.2. The number of aromatic nitrogens is 1. The Morgan fingerprint density at radius 3 is 2.48 bits per heavy atom. The fourth-order valence-corrected chi connectivity index (χ4v) is 2.86. The first-order chi connectivity index (χ1) is 13.0. The minimum atomic E-state index is -1.00. The van der Waals surface area contributed by atoms with Crippen LogP contribution in [0.1, 0.15) is 28.4 Å². The summed E-state index contributed by atoms with van der Waals surface area (Å²) in [7, 11) is 0. The smallest absolute Gasteiger partial charge is 0.305 e. The van der Waals surface area contributed by atoms with Gasteiger partial charge in [0, 0.05) is 23.0 Å². The van der Waals surface area contributed by atoms with E-state index in [1.807, 2.05) is 18.2 Å². The predicted octanol–water partition coefficient (Wildman–Crippen LogP) is 4.35. The van der Waals surface area contributed by atoms with Gasteiger partial charge in [0.2, 0.25) is 0 Å². The standard InChI is InChI=1S/C21H17ClN2O3/c22-18-8-6-14(7-9-18)15-3-1-4-16(11-15)21(27)24-19(12-20(25)26)17-5-2-10-23-13-17/h1-11,13,19H,12H2,(H,24,27)(H,25,26)/t19-/m0/s1. The van der Waals surface area contributed by atoms with Crippen molar-refractivity contribution in [2.45, 2.75) is 12.5 Å². The highest BCUT2D eigenvalue weighted by Gasteiger charge is 2.19. The van der Waals surface area contributed by atoms with Crippen molar-refractivity contribution in [1.29, 1.82) is 0 Å². The molecule has 0 radical (unpaired) electrons. The van der Waals surface area contributed by atoms with Crippen LogP contribution in [0, 0.1) is 0 Å². The van der Waals surface area contributed by atoms with E-state index in [1.54, 1.807) is 54.9 Å². The molecule has 0 bridgehead atoms. The Hall–Kier alpha value is -3.18. The van der Waals surface area contributed by atoms with Gasteiger partial charge in [0.25, 0.3) is 5.91 Å². The second-order valence-corrected chi connectivity index (χ2v) is 6.43. The van der Waals surface area contributed by atoms with Crippen LogP contribution in [0.4, 0.5) is 0 Å². The molecule has 3 rings (SSSR count). The molecule has 0 saturated carbocycles. The van der Waals surface area contributed by atoms with Gasteiger partial charge >= 0.3 is 5.97 Å². The summed E-state index contributed by atoms with van der Waals surface area (Å²) in [5.74, 6) is -1.35. The van der Waals surface area contributed by atoms with Crippen molar-refractivity contribution in [3.63, 3.8) is 0 Å². The molecule has 0 aliphatic heterocycles. The lowest BCUT2D eigenvalue weighted by Crippen LogP contribution is -2.30. The molecule has 1 aromatic heterocycles. The molecule has 0 spiro atoms. The highest BCUT2D eigenvalue weighted by molar-refractivity contribution is 6.30. The van der Waals surface area contributed by atoms with Crippen molar-refractivity contribution >= 4 is 23.5 Å². The van der Waals surface area contributed by atoms with Gasteiger partial charge in [0.05, 0.1) is 12.5 Å². The summed E-state index contributed by atoms with van der Waals surface area (Å²) in [5, 5.41) is 12.6. The summed E-state index contributed by atoms with van der Waals surface area (Å²) in [5.41, 5.74) is 2.89. The Labute approximate surface area is 161 Å². The second-order valence-electron chi connectivity index (χ2n) is 6.00. The SMILES string of the molecule is O=C(O)C[C@H](NC(=O)c1cccc(-c2ccc(Cl)cc2)c1)c1cccnc1. The van der Waals surface area contributed by atoms with Crippen molar-refractivity contribution in [2.75, 3.05) is 0 Å². The fourth-order valence-electron chi connectivity index (χ4n) is 2.73. The van der Waals surface area contributed by atoms with Crippen LogP contribution in [0.3, 0.4) is 0 Å². The topological polar surface area (TPSA) is 79.3 Å². The predicted molar refractivity (Wildman–Crippen MR) is 104 cm³/mol. The molecule has 2 aromatic carbocycles. The molecule has 5 nitrogen and oxygen atoms in total. The number of hydrogen-bond donors (Lipinski definition) is 2. The Kier molecular flexibility index (Phi) is 5.84. The van der Waals surface area contributed by atoms with E-state index in [9.17, 15) is 9.59 Å². The first kappa shape index (κ1) is 18.6. The maximum absolute atomic E-state index is 12.7. The Morgan fingerprint density at radius 2 is 1.81 bits per heavy atom. The first-order valence-electron chi connectivity index (χ1n) is 8.31. The van der Waals surface area contributed by atoms with E-state index in [0.29, 0.717) is 16.1 Å². The number of amides is 1. The third-order valence-corrected chi connectivity index (χ3v) is 4.33. The summed E-state index contributed by atoms with van der Waals surface area (Å²) >= 11 is 5.92. The lowest BCUT2D eigenvalue weighted by atomic mass is 10.0. The monoisotopic (exact) mass is 380 g/mol. The Bertz CT molecular complexity index is 943. The van der Waals surface area contributed by atoms with E-state index in [-0.39, 0.29) is 12.3 Å². The molecule has 1 amide bonds. The average Bonchev–Trinajstić information content (AvgIpc) is 2.68. The van der Waals surface area contributed by atoms with E-state index < -0.39 is 12.0 Å². The number of aliphatic carboxylic acids is 1. The molecule has 3 aromatic rings. The van der Waals surface area contributed by atoms with Crippen LogP contribution >= 0.6 is 11.6 Å². The summed E-state index contributed by atoms with van der Waals surface area (Å²) in [6, 6.07) is 17.2. The molecule has 6 heteroatoms. The van der Waals surface area contributed by atoms with Crippen LogP contribution in [0.15, 0.2) is 73.1 Å². The van der Waals surface area contributed by atoms with Crippen molar-refractivity contribution in [3.05, 3.63) is 89.2 Å². The number of carboxylic acid groups (broad SMARTS) is 1. The maximum Gasteiger partial charge on any atom is 0.305 e. The van der Waals surface area contributed by atoms with Crippen LogP contribution in [0.2, 0.25) is 5.02 Å². The normalized spacial score (nSPS) is 11.6. The van der Waals surface area contributed by atoms with Gasteiger partial charge in [-0.1, -0.05) is 41.9 Å². The van der Waals surface area contributed by atoms with Crippen molar-refractivity contribution in [1.82, 2.24) is 10.3 Å². The lowest BCUT2D eigenvalue weighted by Gasteiger charge is -2.17. The third kappa shape index (κ3) is 4.92. The molecule has 1 atom stereocenters. The maximum atomic E-state index is 12.7. The minimum absolute atomic E-state index is 0.228. The molecule has 0 fully saturated rings. The highest BCUT2D eigenvalue weighted by Crippen LogP contribution is 2.23. The zero-order valence-electron chi connectivity index (χ0n) is 14.3. The summed E-state index contributed by atoms with van der Waals surface area (Å²) in [6.07, 6.45) is 2.92. The highest BCUT2D eigenvalue weighted by atomic mass is 35.5. The molecule has 0 unspecified atom stereocenters. The van der Waals surface area contributed by atoms with Gasteiger partial charge in [0.15, 0.2) is 0 Å². The van der Waals surface area contributed by atoms with E-state index in [1.165, 1.54) is 0 Å². The summed E-state index contributed by atoms with van der Waals surface area (Å²) in [6.45, 7) is 0. The molecule has 2 N–H and O–H groups in total. The van der Waals surface area contributed by atoms with Gasteiger partial charge in [-0.15, -0.1) is 0 Å². The third-order valence-electron chi connectivity index (χ3n) is 4.07. The van der Waals surface area contributed by atoms with Gasteiger partial charge in [-0.05, 0) is 47.0 Å². The largest absolute Gasteiger partial charge is 0.481 e. The molecule has 136 valence electrons. The summed E-state index contributed by atoms with van der Waals surface area (Å²) < 4.78 is 0. The number of carbonyl (C=O) groups is 2. The molecule has 0 aliphatic carbocycles.